The molecule has 8 N–H and O–H groups in total. The molecule has 0 fully saturated rings. The van der Waals surface area contributed by atoms with E-state index in [-0.39, 0.29) is 121 Å². The molecule has 0 saturated carbocycles. The molecule has 28 nitrogen and oxygen atoms in total. The van der Waals surface area contributed by atoms with E-state index in [0.717, 1.165) is 56.0 Å². The van der Waals surface area contributed by atoms with Crippen molar-refractivity contribution in [1.82, 2.24) is 60.0 Å². The fourth-order valence-electron chi connectivity index (χ4n) is 14.1. The number of aliphatic hydroxyl groups is 8. The maximum atomic E-state index is 14.7. The second-order valence-electron chi connectivity index (χ2n) is 36.7. The highest BCUT2D eigenvalue weighted by Crippen LogP contribution is 2.41. The topological polar surface area (TPSA) is 359 Å². The van der Waals surface area contributed by atoms with Gasteiger partial charge in [-0.2, -0.15) is 0 Å². The molecule has 4 aromatic heterocycles. The van der Waals surface area contributed by atoms with Gasteiger partial charge in [0.05, 0.1) is 90.4 Å². The van der Waals surface area contributed by atoms with Gasteiger partial charge >= 0.3 is 0 Å². The summed E-state index contributed by atoms with van der Waals surface area (Å²) < 4.78 is 84.0. The molecule has 0 bridgehead atoms. The molecule has 4 heterocycles. The van der Waals surface area contributed by atoms with E-state index in [2.05, 4.69) is 156 Å². The summed E-state index contributed by atoms with van der Waals surface area (Å²) in [6, 6.07) is 53.6. The smallest absolute Gasteiger partial charge is 0.165 e. The first-order valence-corrected chi connectivity index (χ1v) is 52.0. The van der Waals surface area contributed by atoms with Gasteiger partial charge in [0.1, 0.15) is 112 Å². The zero-order chi connectivity index (χ0) is 102. The van der Waals surface area contributed by atoms with E-state index >= 15 is 0 Å². The highest BCUT2D eigenvalue weighted by atomic mass is 123. The van der Waals surface area contributed by atoms with Crippen molar-refractivity contribution in [2.45, 2.75) is 203 Å². The first-order chi connectivity index (χ1) is 66.6. The van der Waals surface area contributed by atoms with Crippen molar-refractivity contribution in [3.8, 4) is 46.0 Å². The van der Waals surface area contributed by atoms with E-state index in [1.54, 1.807) is 16.8 Å². The van der Waals surface area contributed by atoms with Gasteiger partial charge < -0.3 is 78.7 Å². The largest absolute Gasteiger partial charge is 0.493 e. The number of halogens is 10. The first-order valence-electron chi connectivity index (χ1n) is 45.6. The van der Waals surface area contributed by atoms with Crippen LogP contribution in [0.5, 0.6) is 46.0 Å². The predicted octanol–water partition coefficient (Wildman–Crippen LogP) is 19.1. The summed E-state index contributed by atoms with van der Waals surface area (Å²) in [7, 11) is 0. The van der Waals surface area contributed by atoms with Crippen LogP contribution in [0.15, 0.2) is 170 Å². The number of aliphatic hydroxyl groups excluding tert-OH is 8. The average Bonchev–Trinajstić information content (AvgIpc) is 1.38. The maximum Gasteiger partial charge on any atom is 0.165 e. The van der Waals surface area contributed by atoms with Crippen LogP contribution in [0.2, 0.25) is 0 Å². The molecular formula is C103H130Cl4F2I4N12O16. The van der Waals surface area contributed by atoms with Crippen LogP contribution in [0.1, 0.15) is 169 Å². The number of hydrogen-bond acceptors (Lipinski definition) is 24. The zero-order valence-electron chi connectivity index (χ0n) is 80.9. The van der Waals surface area contributed by atoms with Gasteiger partial charge in [-0.05, 0) is 245 Å². The predicted molar refractivity (Wildman–Crippen MR) is 578 cm³/mol. The molecule has 38 heteroatoms. The van der Waals surface area contributed by atoms with Crippen LogP contribution in [0, 0.1) is 64.0 Å². The third kappa shape index (κ3) is 34.2. The van der Waals surface area contributed by atoms with Crippen LogP contribution in [0.3, 0.4) is 0 Å². The van der Waals surface area contributed by atoms with Gasteiger partial charge in [-0.3, -0.25) is 0 Å². The standard InChI is InChI=1S/2C26H33ClIN3O4.2C25H30ClFIN3O4.CH4/c1-17(12-27)15-35-24-10-7-20(11-18(24)2)26(3,4)19-5-8-22(9-6-19)34-16-21(33)13-31-23(14-32)25(28)29-30-31;1-17(12-27)15-35-24-10-7-20(11-18(24)2)26(3,4)19-5-8-22(9-6-19)34-16-21(33)13-31-25(28)23(14-32)29-30-31;1-16(11-26)14-35-23-9-6-18(10-21(23)27)25(2,3)17-4-7-20(8-5-17)34-15-19(33)12-31-22(13-32)24(28)29-30-31;1-16(11-26)14-35-23-9-6-18(10-21(23)27)25(2,3)17-4-7-20(8-5-17)34-15-19(33)12-31-24(28)22(13-32)29-30-31;/h2*5-11,17,21,32-33H,12-16H2,1-4H3;2*4-10,16,19,32-33H,11-15H2,1-3H3;1H4/i4*28-4;. The summed E-state index contributed by atoms with van der Waals surface area (Å²) >= 11 is 31.4. The lowest BCUT2D eigenvalue weighted by atomic mass is 9.77. The molecule has 0 aliphatic carbocycles. The summed E-state index contributed by atoms with van der Waals surface area (Å²) in [5, 5.41) is 110. The molecule has 8 unspecified atom stereocenters. The number of aromatic nitrogens is 12. The molecule has 0 saturated heterocycles. The molecule has 0 aliphatic heterocycles. The van der Waals surface area contributed by atoms with Gasteiger partial charge in [0, 0.05) is 68.9 Å². The second kappa shape index (κ2) is 56.9. The normalized spacial score (nSPS) is 13.4. The highest BCUT2D eigenvalue weighted by molar-refractivity contribution is 14.1. The quantitative estimate of drug-likeness (QED) is 0.0130. The SMILES string of the molecule is C.CC(CCl)COc1ccc(C(C)(C)c2ccc(OCC(O)Cn3nnc(CO)c3[123I])cc2)cc1F.CC(CCl)COc1ccc(C(C)(C)c2ccc(OCC(O)Cn3nnc([123I])c3CO)cc2)cc1F.Cc1cc(C(C)(C)c2ccc(OCC(O)Cn3nnc(CO)c3[123I])cc2)ccc1OCC(C)CCl.Cc1cc(C(C)(C)c2ccc(OCC(O)Cn3nnc([123I])c3CO)cc2)ccc1OCC(C)CCl. The number of aryl methyl sites for hydroxylation is 2. The minimum absolute atomic E-state index is 0. The van der Waals surface area contributed by atoms with Crippen LogP contribution in [-0.4, -0.2) is 202 Å². The van der Waals surface area contributed by atoms with Crippen molar-refractivity contribution >= 4 is 137 Å². The number of ether oxygens (including phenoxy) is 8. The Bertz CT molecular complexity index is 5480. The monoisotopic (exact) mass is 2460 g/mol. The van der Waals surface area contributed by atoms with Crippen molar-refractivity contribution in [1.29, 1.82) is 0 Å². The molecule has 12 rings (SSSR count). The van der Waals surface area contributed by atoms with Gasteiger partial charge in [-0.25, -0.2) is 27.5 Å². The molecule has 0 radical (unpaired) electrons. The lowest BCUT2D eigenvalue weighted by Crippen LogP contribution is -2.25. The molecule has 8 aromatic carbocycles. The molecule has 0 spiro atoms. The highest BCUT2D eigenvalue weighted by Gasteiger charge is 2.31. The summed E-state index contributed by atoms with van der Waals surface area (Å²) in [4.78, 5) is 0. The molecule has 141 heavy (non-hydrogen) atoms. The van der Waals surface area contributed by atoms with E-state index in [1.165, 1.54) is 37.3 Å². The van der Waals surface area contributed by atoms with Gasteiger partial charge in [0.15, 0.2) is 23.1 Å². The summed E-state index contributed by atoms with van der Waals surface area (Å²) in [6.45, 7) is 31.3. The van der Waals surface area contributed by atoms with Crippen molar-refractivity contribution in [3.63, 3.8) is 0 Å². The Labute approximate surface area is 899 Å². The van der Waals surface area contributed by atoms with Gasteiger partial charge in [-0.15, -0.1) is 66.8 Å². The lowest BCUT2D eigenvalue weighted by molar-refractivity contribution is 0.0865. The molecule has 8 atom stereocenters. The molecule has 0 aliphatic rings. The van der Waals surface area contributed by atoms with Crippen LogP contribution in [-0.2, 0) is 74.3 Å². The molecule has 768 valence electrons. The fourth-order valence-corrected chi connectivity index (χ4v) is 16.7. The van der Waals surface area contributed by atoms with Crippen LogP contribution >= 0.6 is 137 Å². The minimum atomic E-state index is -0.829. The Hall–Kier alpha value is -7.66. The number of alkyl halides is 4. The summed E-state index contributed by atoms with van der Waals surface area (Å²) in [5.41, 5.74) is 11.3. The first kappa shape index (κ1) is 119. The van der Waals surface area contributed by atoms with Crippen LogP contribution < -0.4 is 37.9 Å². The summed E-state index contributed by atoms with van der Waals surface area (Å²) in [6.07, 6.45) is -3.18. The second-order valence-corrected chi connectivity index (χ2v) is 42.0. The molecule has 0 amide bonds. The third-order valence-electron chi connectivity index (χ3n) is 23.5. The Morgan fingerprint density at radius 3 is 0.766 bits per heavy atom. The van der Waals surface area contributed by atoms with Gasteiger partial charge in [0.25, 0.3) is 0 Å². The molecule has 12 aromatic rings. The van der Waals surface area contributed by atoms with E-state index in [4.69, 9.17) is 84.3 Å². The molecular weight excluding hydrogens is 2330 g/mol. The Balaban J connectivity index is 0.000000230. The number of hydrogen-bond donors (Lipinski definition) is 8. The van der Waals surface area contributed by atoms with E-state index < -0.39 is 46.9 Å². The van der Waals surface area contributed by atoms with E-state index in [9.17, 15) is 49.6 Å². The maximum absolute atomic E-state index is 14.7. The van der Waals surface area contributed by atoms with Crippen molar-refractivity contribution in [2.75, 3.05) is 76.4 Å². The summed E-state index contributed by atoms with van der Waals surface area (Å²) in [5.74, 6) is 6.92. The Kier molecular flexibility index (Phi) is 47.8. The Morgan fingerprint density at radius 1 is 0.312 bits per heavy atom. The van der Waals surface area contributed by atoms with E-state index in [1.807, 2.05) is 219 Å². The van der Waals surface area contributed by atoms with Crippen LogP contribution in [0.4, 0.5) is 8.78 Å². The third-order valence-corrected chi connectivity index (χ3v) is 29.7. The number of nitrogens with zero attached hydrogens (tertiary/aromatic N) is 12. The average molecular weight is 2460 g/mol. The number of rotatable bonds is 48. The van der Waals surface area contributed by atoms with Crippen molar-refractivity contribution in [3.05, 3.63) is 275 Å². The number of benzene rings is 8. The van der Waals surface area contributed by atoms with Gasteiger partial charge in [0.2, 0.25) is 0 Å². The minimum Gasteiger partial charge on any atom is -0.493 e. The fraction of sp³-hybridized carbons (Fsp3) is 0.456. The van der Waals surface area contributed by atoms with Crippen molar-refractivity contribution in [2.24, 2.45) is 23.7 Å². The Morgan fingerprint density at radius 2 is 0.539 bits per heavy atom. The van der Waals surface area contributed by atoms with Gasteiger partial charge in [-0.1, -0.05) is 196 Å². The van der Waals surface area contributed by atoms with Crippen LogP contribution in [0.25, 0.3) is 0 Å². The van der Waals surface area contributed by atoms with Crippen molar-refractivity contribution < 1.29 is 87.5 Å². The lowest BCUT2D eigenvalue weighted by Gasteiger charge is -2.27. The van der Waals surface area contributed by atoms with E-state index in [0.29, 0.717) is 122 Å². The zero-order valence-corrected chi connectivity index (χ0v) is 92.6.